The molecule has 0 saturated heterocycles. The summed E-state index contributed by atoms with van der Waals surface area (Å²) >= 11 is 0. The van der Waals surface area contributed by atoms with Crippen molar-refractivity contribution in [1.29, 1.82) is 0 Å². The fraction of sp³-hybridized carbons (Fsp3) is 0.500. The lowest BCUT2D eigenvalue weighted by molar-refractivity contribution is 0.811. The molecule has 0 aromatic carbocycles. The number of nitrogens with zero attached hydrogens (tertiary/aromatic N) is 6. The molecule has 0 amide bonds. The van der Waals surface area contributed by atoms with Gasteiger partial charge in [-0.3, -0.25) is 0 Å². The Hall–Kier alpha value is -1.98. The number of hydrogen-bond acceptors (Lipinski definition) is 6. The first-order chi connectivity index (χ1) is 8.93. The SMILES string of the molecule is c1cnnnc1.c1nc(C2CC2)nc(C2CC2)n1. The van der Waals surface area contributed by atoms with Gasteiger partial charge in [-0.25, -0.2) is 15.0 Å². The zero-order chi connectivity index (χ0) is 12.2. The van der Waals surface area contributed by atoms with Crippen molar-refractivity contribution in [3.8, 4) is 0 Å². The third kappa shape index (κ3) is 3.03. The first-order valence-electron chi connectivity index (χ1n) is 6.20. The van der Waals surface area contributed by atoms with Crippen LogP contribution in [0.15, 0.2) is 24.8 Å². The molecule has 2 aromatic rings. The quantitative estimate of drug-likeness (QED) is 0.794. The first-order valence-corrected chi connectivity index (χ1v) is 6.20. The van der Waals surface area contributed by atoms with Crippen LogP contribution in [-0.4, -0.2) is 30.4 Å². The Morgan fingerprint density at radius 3 is 1.72 bits per heavy atom. The number of rotatable bonds is 2. The highest BCUT2D eigenvalue weighted by Gasteiger charge is 2.30. The van der Waals surface area contributed by atoms with Gasteiger partial charge < -0.3 is 0 Å². The zero-order valence-electron chi connectivity index (χ0n) is 9.98. The second-order valence-corrected chi connectivity index (χ2v) is 4.56. The molecule has 2 aliphatic rings. The van der Waals surface area contributed by atoms with Gasteiger partial charge in [0.25, 0.3) is 0 Å². The van der Waals surface area contributed by atoms with Gasteiger partial charge in [-0.15, -0.1) is 10.2 Å². The molecular weight excluding hydrogens is 228 g/mol. The minimum absolute atomic E-state index is 0.658. The maximum atomic E-state index is 4.47. The minimum atomic E-state index is 0.658. The van der Waals surface area contributed by atoms with E-state index in [-0.39, 0.29) is 0 Å². The lowest BCUT2D eigenvalue weighted by atomic mass is 10.3. The van der Waals surface area contributed by atoms with Gasteiger partial charge >= 0.3 is 0 Å². The molecule has 0 spiro atoms. The lowest BCUT2D eigenvalue weighted by Gasteiger charge is -1.98. The van der Waals surface area contributed by atoms with E-state index in [4.69, 9.17) is 0 Å². The maximum Gasteiger partial charge on any atom is 0.135 e. The maximum absolute atomic E-state index is 4.47. The van der Waals surface area contributed by atoms with E-state index in [0.29, 0.717) is 11.8 Å². The van der Waals surface area contributed by atoms with Crippen LogP contribution in [0.25, 0.3) is 0 Å². The lowest BCUT2D eigenvalue weighted by Crippen LogP contribution is -1.99. The summed E-state index contributed by atoms with van der Waals surface area (Å²) in [6.45, 7) is 0. The molecule has 0 radical (unpaired) electrons. The average molecular weight is 242 g/mol. The van der Waals surface area contributed by atoms with Crippen LogP contribution in [0.1, 0.15) is 49.2 Å². The highest BCUT2D eigenvalue weighted by atomic mass is 15.3. The first kappa shape index (κ1) is 11.1. The van der Waals surface area contributed by atoms with E-state index in [9.17, 15) is 0 Å². The molecule has 2 heterocycles. The molecule has 0 unspecified atom stereocenters. The van der Waals surface area contributed by atoms with E-state index in [0.717, 1.165) is 11.6 Å². The molecule has 6 heteroatoms. The van der Waals surface area contributed by atoms with Gasteiger partial charge in [0, 0.05) is 11.8 Å². The Bertz CT molecular complexity index is 441. The Morgan fingerprint density at radius 1 is 0.833 bits per heavy atom. The number of aromatic nitrogens is 6. The summed E-state index contributed by atoms with van der Waals surface area (Å²) in [6.07, 6.45) is 9.92. The van der Waals surface area contributed by atoms with Crippen LogP contribution in [0.4, 0.5) is 0 Å². The van der Waals surface area contributed by atoms with E-state index in [2.05, 4.69) is 30.4 Å². The summed E-state index contributed by atoms with van der Waals surface area (Å²) in [5, 5.41) is 10.1. The van der Waals surface area contributed by atoms with Gasteiger partial charge in [0.15, 0.2) is 0 Å². The van der Waals surface area contributed by atoms with Crippen molar-refractivity contribution >= 4 is 0 Å². The summed E-state index contributed by atoms with van der Waals surface area (Å²) in [4.78, 5) is 12.9. The Kier molecular flexibility index (Phi) is 3.16. The van der Waals surface area contributed by atoms with Crippen LogP contribution < -0.4 is 0 Å². The fourth-order valence-corrected chi connectivity index (χ4v) is 1.60. The Balaban J connectivity index is 0.000000142. The highest BCUT2D eigenvalue weighted by Crippen LogP contribution is 2.41. The van der Waals surface area contributed by atoms with Crippen molar-refractivity contribution in [3.05, 3.63) is 36.4 Å². The van der Waals surface area contributed by atoms with Gasteiger partial charge in [0.1, 0.15) is 18.0 Å². The normalized spacial score (nSPS) is 17.8. The van der Waals surface area contributed by atoms with E-state index < -0.39 is 0 Å². The second-order valence-electron chi connectivity index (χ2n) is 4.56. The van der Waals surface area contributed by atoms with Gasteiger partial charge in [-0.2, -0.15) is 0 Å². The summed E-state index contributed by atoms with van der Waals surface area (Å²) in [5.74, 6) is 3.38. The van der Waals surface area contributed by atoms with Gasteiger partial charge in [0.2, 0.25) is 0 Å². The van der Waals surface area contributed by atoms with E-state index >= 15 is 0 Å². The molecular formula is C12H14N6. The van der Waals surface area contributed by atoms with Crippen LogP contribution in [0.2, 0.25) is 0 Å². The third-order valence-corrected chi connectivity index (χ3v) is 2.90. The van der Waals surface area contributed by atoms with Crippen molar-refractivity contribution in [2.45, 2.75) is 37.5 Å². The molecule has 0 bridgehead atoms. The molecule has 92 valence electrons. The fourth-order valence-electron chi connectivity index (χ4n) is 1.60. The molecule has 4 rings (SSSR count). The molecule has 2 aromatic heterocycles. The van der Waals surface area contributed by atoms with Crippen molar-refractivity contribution in [3.63, 3.8) is 0 Å². The van der Waals surface area contributed by atoms with E-state index in [1.54, 1.807) is 24.8 Å². The smallest absolute Gasteiger partial charge is 0.135 e. The minimum Gasteiger partial charge on any atom is -0.221 e. The number of hydrogen-bond donors (Lipinski definition) is 0. The van der Waals surface area contributed by atoms with Gasteiger partial charge in [-0.1, -0.05) is 0 Å². The van der Waals surface area contributed by atoms with Crippen LogP contribution >= 0.6 is 0 Å². The molecule has 2 saturated carbocycles. The summed E-state index contributed by atoms with van der Waals surface area (Å²) in [5.41, 5.74) is 0. The van der Waals surface area contributed by atoms with Gasteiger partial charge in [0.05, 0.1) is 12.4 Å². The molecule has 0 atom stereocenters. The largest absolute Gasteiger partial charge is 0.221 e. The second kappa shape index (κ2) is 5.12. The van der Waals surface area contributed by atoms with Crippen molar-refractivity contribution < 1.29 is 0 Å². The molecule has 6 nitrogen and oxygen atoms in total. The molecule has 0 N–H and O–H groups in total. The average Bonchev–Trinajstić information content (AvgIpc) is 3.34. The molecule has 18 heavy (non-hydrogen) atoms. The standard InChI is InChI=1S/C9H11N3.C3H3N3/c1-2-6(1)8-10-5-11-9(12-8)7-3-4-7;1-2-4-6-5-3-1/h5-7H,1-4H2;1-3H. The zero-order valence-corrected chi connectivity index (χ0v) is 9.98. The molecule has 0 aliphatic heterocycles. The van der Waals surface area contributed by atoms with Crippen molar-refractivity contribution in [2.24, 2.45) is 0 Å². The van der Waals surface area contributed by atoms with E-state index in [1.165, 1.54) is 25.7 Å². The monoisotopic (exact) mass is 242 g/mol. The molecule has 2 aliphatic carbocycles. The Morgan fingerprint density at radius 2 is 1.39 bits per heavy atom. The predicted molar refractivity (Wildman–Crippen MR) is 63.6 cm³/mol. The Labute approximate surface area is 105 Å². The summed E-state index contributed by atoms with van der Waals surface area (Å²) < 4.78 is 0. The highest BCUT2D eigenvalue weighted by molar-refractivity contribution is 5.10. The summed E-state index contributed by atoms with van der Waals surface area (Å²) in [6, 6.07) is 1.72. The van der Waals surface area contributed by atoms with E-state index in [1.807, 2.05) is 0 Å². The third-order valence-electron chi connectivity index (χ3n) is 2.90. The van der Waals surface area contributed by atoms with Crippen LogP contribution in [0.5, 0.6) is 0 Å². The van der Waals surface area contributed by atoms with Crippen molar-refractivity contribution in [2.75, 3.05) is 0 Å². The van der Waals surface area contributed by atoms with Crippen LogP contribution in [-0.2, 0) is 0 Å². The molecule has 2 fully saturated rings. The predicted octanol–water partition coefficient (Wildman–Crippen LogP) is 1.50. The summed E-state index contributed by atoms with van der Waals surface area (Å²) in [7, 11) is 0. The van der Waals surface area contributed by atoms with Gasteiger partial charge in [-0.05, 0) is 37.0 Å². The van der Waals surface area contributed by atoms with Crippen LogP contribution in [0, 0.1) is 0 Å². The van der Waals surface area contributed by atoms with Crippen molar-refractivity contribution in [1.82, 2.24) is 30.4 Å². The van der Waals surface area contributed by atoms with Crippen LogP contribution in [0.3, 0.4) is 0 Å². The topological polar surface area (TPSA) is 77.3 Å².